The van der Waals surface area contributed by atoms with Gasteiger partial charge in [0.1, 0.15) is 0 Å². The van der Waals surface area contributed by atoms with Gasteiger partial charge >= 0.3 is 0 Å². The van der Waals surface area contributed by atoms with E-state index in [2.05, 4.69) is 10.3 Å². The number of benzene rings is 1. The van der Waals surface area contributed by atoms with Gasteiger partial charge in [-0.3, -0.25) is 9.78 Å². The third kappa shape index (κ3) is 2.86. The van der Waals surface area contributed by atoms with Crippen molar-refractivity contribution in [3.63, 3.8) is 0 Å². The molecule has 0 fully saturated rings. The highest BCUT2D eigenvalue weighted by Gasteiger charge is 2.35. The quantitative estimate of drug-likeness (QED) is 0.929. The molecule has 0 aliphatic heterocycles. The van der Waals surface area contributed by atoms with Crippen LogP contribution in [0.5, 0.6) is 0 Å². The maximum Gasteiger partial charge on any atom is 0.260 e. The van der Waals surface area contributed by atoms with Gasteiger partial charge in [-0.05, 0) is 31.5 Å². The van der Waals surface area contributed by atoms with Gasteiger partial charge in [0.25, 0.3) is 5.91 Å². The van der Waals surface area contributed by atoms with E-state index in [-0.39, 0.29) is 5.91 Å². The molecule has 20 heavy (non-hydrogen) atoms. The summed E-state index contributed by atoms with van der Waals surface area (Å²) < 4.78 is 5.46. The molecule has 0 radical (unpaired) electrons. The smallest absolute Gasteiger partial charge is 0.260 e. The van der Waals surface area contributed by atoms with Crippen molar-refractivity contribution < 1.29 is 9.53 Å². The Morgan fingerprint density at radius 2 is 1.95 bits per heavy atom. The Bertz CT molecular complexity index is 598. The van der Waals surface area contributed by atoms with Crippen molar-refractivity contribution >= 4 is 11.6 Å². The Labute approximate surface area is 118 Å². The van der Waals surface area contributed by atoms with Gasteiger partial charge in [0.15, 0.2) is 5.60 Å². The molecular weight excluding hydrogens is 252 g/mol. The third-order valence-corrected chi connectivity index (χ3v) is 3.32. The Morgan fingerprint density at radius 1 is 1.25 bits per heavy atom. The second-order valence-electron chi connectivity index (χ2n) is 4.74. The van der Waals surface area contributed by atoms with Gasteiger partial charge < -0.3 is 10.1 Å². The molecule has 0 saturated heterocycles. The minimum atomic E-state index is -1.03. The fourth-order valence-corrected chi connectivity index (χ4v) is 1.97. The van der Waals surface area contributed by atoms with Crippen LogP contribution in [0.1, 0.15) is 18.2 Å². The summed E-state index contributed by atoms with van der Waals surface area (Å²) in [4.78, 5) is 16.6. The summed E-state index contributed by atoms with van der Waals surface area (Å²) in [5, 5.41) is 2.87. The second kappa shape index (κ2) is 5.84. The average Bonchev–Trinajstić information content (AvgIpc) is 2.47. The number of nitrogens with one attached hydrogen (secondary N) is 1. The number of ether oxygens (including phenoxy) is 1. The predicted octanol–water partition coefficient (Wildman–Crippen LogP) is 2.89. The van der Waals surface area contributed by atoms with Crippen LogP contribution in [0, 0.1) is 6.92 Å². The number of rotatable bonds is 4. The number of carbonyl (C=O) groups is 1. The number of hydrogen-bond acceptors (Lipinski definition) is 3. The molecule has 2 rings (SSSR count). The summed E-state index contributed by atoms with van der Waals surface area (Å²) in [5.41, 5.74) is 1.34. The lowest BCUT2D eigenvalue weighted by Crippen LogP contribution is -2.39. The molecule has 2 aromatic rings. The number of methoxy groups -OCH3 is 1. The van der Waals surface area contributed by atoms with Crippen molar-refractivity contribution in [3.8, 4) is 0 Å². The molecule has 1 heterocycles. The molecule has 0 unspecified atom stereocenters. The summed E-state index contributed by atoms with van der Waals surface area (Å²) in [6, 6.07) is 13.0. The maximum atomic E-state index is 12.5. The first-order valence-electron chi connectivity index (χ1n) is 6.41. The van der Waals surface area contributed by atoms with Gasteiger partial charge in [0.2, 0.25) is 0 Å². The van der Waals surface area contributed by atoms with Gasteiger partial charge in [-0.2, -0.15) is 0 Å². The van der Waals surface area contributed by atoms with Crippen molar-refractivity contribution in [2.75, 3.05) is 12.4 Å². The first kappa shape index (κ1) is 14.2. The summed E-state index contributed by atoms with van der Waals surface area (Å²) >= 11 is 0. The van der Waals surface area contributed by atoms with Crippen molar-refractivity contribution in [2.45, 2.75) is 19.4 Å². The molecule has 0 spiro atoms. The largest absolute Gasteiger partial charge is 0.364 e. The second-order valence-corrected chi connectivity index (χ2v) is 4.74. The lowest BCUT2D eigenvalue weighted by atomic mass is 9.94. The van der Waals surface area contributed by atoms with E-state index in [1.54, 1.807) is 19.2 Å². The van der Waals surface area contributed by atoms with Crippen LogP contribution in [0.2, 0.25) is 0 Å². The number of pyridine rings is 1. The lowest BCUT2D eigenvalue weighted by Gasteiger charge is -2.27. The number of anilines is 1. The number of aryl methyl sites for hydroxylation is 1. The van der Waals surface area contributed by atoms with E-state index in [4.69, 9.17) is 4.74 Å². The van der Waals surface area contributed by atoms with Crippen LogP contribution in [-0.4, -0.2) is 18.0 Å². The summed E-state index contributed by atoms with van der Waals surface area (Å²) in [6.45, 7) is 3.63. The number of carbonyl (C=O) groups excluding carboxylic acids is 1. The highest BCUT2D eigenvalue weighted by molar-refractivity contribution is 5.97. The SMILES string of the molecule is CO[C@](C)(C(=O)Nc1ccnc(C)c1)c1ccccc1. The van der Waals surface area contributed by atoms with Crippen LogP contribution < -0.4 is 5.32 Å². The van der Waals surface area contributed by atoms with E-state index < -0.39 is 5.60 Å². The van der Waals surface area contributed by atoms with Gasteiger partial charge in [0, 0.05) is 24.7 Å². The molecule has 1 atom stereocenters. The van der Waals surface area contributed by atoms with Crippen LogP contribution >= 0.6 is 0 Å². The van der Waals surface area contributed by atoms with E-state index in [0.717, 1.165) is 11.3 Å². The predicted molar refractivity (Wildman–Crippen MR) is 78.4 cm³/mol. The van der Waals surface area contributed by atoms with Crippen LogP contribution in [0.15, 0.2) is 48.7 Å². The van der Waals surface area contributed by atoms with Crippen LogP contribution in [0.25, 0.3) is 0 Å². The zero-order chi connectivity index (χ0) is 14.6. The first-order valence-corrected chi connectivity index (χ1v) is 6.41. The molecule has 1 N–H and O–H groups in total. The molecule has 0 bridgehead atoms. The number of amides is 1. The molecule has 0 saturated carbocycles. The molecule has 4 heteroatoms. The standard InChI is InChI=1S/C16H18N2O2/c1-12-11-14(9-10-17-12)18-15(19)16(2,20-3)13-7-5-4-6-8-13/h4-11H,1-3H3,(H,17,18,19)/t16-/m0/s1. The van der Waals surface area contributed by atoms with E-state index in [0.29, 0.717) is 5.69 Å². The number of hydrogen-bond donors (Lipinski definition) is 1. The molecule has 1 aromatic heterocycles. The van der Waals surface area contributed by atoms with Crippen molar-refractivity contribution in [1.29, 1.82) is 0 Å². The Hall–Kier alpha value is -2.20. The molecule has 1 amide bonds. The lowest BCUT2D eigenvalue weighted by molar-refractivity contribution is -0.136. The Kier molecular flexibility index (Phi) is 4.15. The molecule has 0 aliphatic carbocycles. The zero-order valence-electron chi connectivity index (χ0n) is 11.9. The number of aromatic nitrogens is 1. The molecule has 104 valence electrons. The highest BCUT2D eigenvalue weighted by atomic mass is 16.5. The third-order valence-electron chi connectivity index (χ3n) is 3.32. The van der Waals surface area contributed by atoms with Gasteiger partial charge in [-0.15, -0.1) is 0 Å². The van der Waals surface area contributed by atoms with Gasteiger partial charge in [0.05, 0.1) is 0 Å². The topological polar surface area (TPSA) is 51.2 Å². The molecule has 0 aliphatic rings. The van der Waals surface area contributed by atoms with Gasteiger partial charge in [-0.1, -0.05) is 30.3 Å². The minimum Gasteiger partial charge on any atom is -0.364 e. The molecule has 1 aromatic carbocycles. The Balaban J connectivity index is 2.26. The zero-order valence-corrected chi connectivity index (χ0v) is 11.9. The average molecular weight is 270 g/mol. The van der Waals surface area contributed by atoms with Crippen LogP contribution in [-0.2, 0) is 15.1 Å². The summed E-state index contributed by atoms with van der Waals surface area (Å²) in [6.07, 6.45) is 1.66. The van der Waals surface area contributed by atoms with Crippen LogP contribution in [0.4, 0.5) is 5.69 Å². The van der Waals surface area contributed by atoms with E-state index >= 15 is 0 Å². The van der Waals surface area contributed by atoms with Crippen molar-refractivity contribution in [1.82, 2.24) is 4.98 Å². The van der Waals surface area contributed by atoms with Gasteiger partial charge in [-0.25, -0.2) is 0 Å². The number of nitrogens with zero attached hydrogens (tertiary/aromatic N) is 1. The maximum absolute atomic E-state index is 12.5. The first-order chi connectivity index (χ1) is 9.56. The fraction of sp³-hybridized carbons (Fsp3) is 0.250. The molecular formula is C16H18N2O2. The van der Waals surface area contributed by atoms with E-state index in [1.807, 2.05) is 43.3 Å². The van der Waals surface area contributed by atoms with Crippen LogP contribution in [0.3, 0.4) is 0 Å². The fourth-order valence-electron chi connectivity index (χ4n) is 1.97. The normalized spacial score (nSPS) is 13.6. The van der Waals surface area contributed by atoms with E-state index in [9.17, 15) is 4.79 Å². The van der Waals surface area contributed by atoms with Crippen molar-refractivity contribution in [3.05, 3.63) is 59.9 Å². The minimum absolute atomic E-state index is 0.211. The summed E-state index contributed by atoms with van der Waals surface area (Å²) in [7, 11) is 1.53. The molecule has 4 nitrogen and oxygen atoms in total. The highest BCUT2D eigenvalue weighted by Crippen LogP contribution is 2.26. The van der Waals surface area contributed by atoms with Crippen molar-refractivity contribution in [2.24, 2.45) is 0 Å². The summed E-state index contributed by atoms with van der Waals surface area (Å²) in [5.74, 6) is -0.211. The monoisotopic (exact) mass is 270 g/mol. The van der Waals surface area contributed by atoms with E-state index in [1.165, 1.54) is 7.11 Å². The Morgan fingerprint density at radius 3 is 2.55 bits per heavy atom.